The minimum absolute atomic E-state index is 0.00560. The summed E-state index contributed by atoms with van der Waals surface area (Å²) in [6.07, 6.45) is 1.58. The highest BCUT2D eigenvalue weighted by atomic mass is 16.3. The molecule has 0 fully saturated rings. The Morgan fingerprint density at radius 3 is 2.78 bits per heavy atom. The van der Waals surface area contributed by atoms with E-state index in [1.807, 2.05) is 6.92 Å². The van der Waals surface area contributed by atoms with Crippen LogP contribution in [-0.2, 0) is 6.61 Å². The molecule has 1 N–H and O–H groups in total. The molecule has 3 heteroatoms. The normalized spacial score (nSPS) is 10.1. The Bertz CT molecular complexity index is 205. The van der Waals surface area contributed by atoms with Crippen LogP contribution >= 0.6 is 0 Å². The number of aromatic nitrogens is 2. The molecule has 0 saturated carbocycles. The van der Waals surface area contributed by atoms with Gasteiger partial charge in [-0.1, -0.05) is 0 Å². The predicted octanol–water partition coefficient (Wildman–Crippen LogP) is 0.324. The molecule has 1 heterocycles. The highest BCUT2D eigenvalue weighted by Crippen LogP contribution is 2.02. The second-order valence-electron chi connectivity index (χ2n) is 1.90. The summed E-state index contributed by atoms with van der Waals surface area (Å²) in [5.74, 6) is 0. The molecule has 0 aliphatic carbocycles. The van der Waals surface area contributed by atoms with Gasteiger partial charge in [-0.3, -0.25) is 0 Å². The summed E-state index contributed by atoms with van der Waals surface area (Å²) in [6, 6.07) is 0. The van der Waals surface area contributed by atoms with Crippen molar-refractivity contribution in [3.8, 4) is 0 Å². The van der Waals surface area contributed by atoms with Gasteiger partial charge >= 0.3 is 0 Å². The molecule has 0 unspecified atom stereocenters. The van der Waals surface area contributed by atoms with Crippen LogP contribution < -0.4 is 0 Å². The van der Waals surface area contributed by atoms with E-state index in [2.05, 4.69) is 12.0 Å². The standard InChI is InChI=1S/C6H9N2O/c1-5-6(3-9)7-4-8(5)2/h4,9H,2-3H2,1H3. The van der Waals surface area contributed by atoms with Crippen molar-refractivity contribution in [1.29, 1.82) is 0 Å². The highest BCUT2D eigenvalue weighted by Gasteiger charge is 1.99. The van der Waals surface area contributed by atoms with Crippen molar-refractivity contribution in [2.24, 2.45) is 0 Å². The number of aliphatic hydroxyl groups is 1. The van der Waals surface area contributed by atoms with Crippen molar-refractivity contribution >= 4 is 0 Å². The molecule has 1 aromatic rings. The molecule has 1 aromatic heterocycles. The van der Waals surface area contributed by atoms with Crippen LogP contribution in [0.3, 0.4) is 0 Å². The number of nitrogens with zero attached hydrogens (tertiary/aromatic N) is 2. The summed E-state index contributed by atoms with van der Waals surface area (Å²) in [5, 5.41) is 8.63. The van der Waals surface area contributed by atoms with E-state index in [-0.39, 0.29) is 6.61 Å². The smallest absolute Gasteiger partial charge is 0.0953 e. The number of aliphatic hydroxyl groups excluding tert-OH is 1. The van der Waals surface area contributed by atoms with Crippen molar-refractivity contribution in [2.75, 3.05) is 0 Å². The predicted molar refractivity (Wildman–Crippen MR) is 33.6 cm³/mol. The highest BCUT2D eigenvalue weighted by molar-refractivity contribution is 5.10. The van der Waals surface area contributed by atoms with Crippen LogP contribution in [0.2, 0.25) is 0 Å². The first kappa shape index (κ1) is 6.29. The van der Waals surface area contributed by atoms with Gasteiger partial charge in [0.1, 0.15) is 0 Å². The Morgan fingerprint density at radius 2 is 2.56 bits per heavy atom. The Hall–Kier alpha value is -0.830. The Labute approximate surface area is 54.0 Å². The Morgan fingerprint density at radius 1 is 1.89 bits per heavy atom. The van der Waals surface area contributed by atoms with E-state index in [0.717, 1.165) is 5.69 Å². The van der Waals surface area contributed by atoms with E-state index in [4.69, 9.17) is 5.11 Å². The molecule has 0 spiro atoms. The first-order chi connectivity index (χ1) is 4.25. The first-order valence-electron chi connectivity index (χ1n) is 2.70. The number of rotatable bonds is 1. The molecule has 0 amide bonds. The van der Waals surface area contributed by atoms with Crippen molar-refractivity contribution < 1.29 is 5.11 Å². The maximum absolute atomic E-state index is 8.63. The lowest BCUT2D eigenvalue weighted by atomic mass is 10.4. The molecule has 1 rings (SSSR count). The van der Waals surface area contributed by atoms with Gasteiger partial charge in [-0.25, -0.2) is 4.98 Å². The third-order valence-corrected chi connectivity index (χ3v) is 1.35. The van der Waals surface area contributed by atoms with E-state index in [1.165, 1.54) is 0 Å². The van der Waals surface area contributed by atoms with E-state index < -0.39 is 0 Å². The van der Waals surface area contributed by atoms with Gasteiger partial charge in [-0.15, -0.1) is 0 Å². The van der Waals surface area contributed by atoms with Gasteiger partial charge in [-0.2, -0.15) is 0 Å². The average Bonchev–Trinajstić information content (AvgIpc) is 2.15. The van der Waals surface area contributed by atoms with Crippen LogP contribution in [0.5, 0.6) is 0 Å². The number of hydrogen-bond acceptors (Lipinski definition) is 2. The van der Waals surface area contributed by atoms with Crippen LogP contribution in [-0.4, -0.2) is 14.7 Å². The lowest BCUT2D eigenvalue weighted by Crippen LogP contribution is -1.89. The number of imidazole rings is 1. The van der Waals surface area contributed by atoms with Crippen LogP contribution in [0.15, 0.2) is 6.33 Å². The molecule has 0 atom stereocenters. The quantitative estimate of drug-likeness (QED) is 0.587. The largest absolute Gasteiger partial charge is 0.390 e. The van der Waals surface area contributed by atoms with Gasteiger partial charge < -0.3 is 9.67 Å². The molecule has 3 nitrogen and oxygen atoms in total. The minimum Gasteiger partial charge on any atom is -0.390 e. The zero-order valence-corrected chi connectivity index (χ0v) is 5.33. The number of hydrogen-bond donors (Lipinski definition) is 1. The molecular formula is C6H9N2O. The van der Waals surface area contributed by atoms with Crippen molar-refractivity contribution in [3.63, 3.8) is 0 Å². The van der Waals surface area contributed by atoms with Crippen LogP contribution in [0.25, 0.3) is 0 Å². The van der Waals surface area contributed by atoms with E-state index in [9.17, 15) is 0 Å². The zero-order valence-electron chi connectivity index (χ0n) is 5.33. The monoisotopic (exact) mass is 125 g/mol. The molecule has 1 radical (unpaired) electrons. The summed E-state index contributed by atoms with van der Waals surface area (Å²) in [6.45, 7) is 1.86. The van der Waals surface area contributed by atoms with E-state index in [1.54, 1.807) is 10.9 Å². The molecule has 9 heavy (non-hydrogen) atoms. The molecule has 0 aromatic carbocycles. The van der Waals surface area contributed by atoms with Crippen LogP contribution in [0.4, 0.5) is 0 Å². The second kappa shape index (κ2) is 2.19. The summed E-state index contributed by atoms with van der Waals surface area (Å²) in [5.41, 5.74) is 1.61. The van der Waals surface area contributed by atoms with Crippen molar-refractivity contribution in [2.45, 2.75) is 13.5 Å². The van der Waals surface area contributed by atoms with Crippen LogP contribution in [0.1, 0.15) is 11.4 Å². The molecule has 0 bridgehead atoms. The fourth-order valence-electron chi connectivity index (χ4n) is 0.640. The molecule has 0 saturated heterocycles. The third kappa shape index (κ3) is 0.954. The lowest BCUT2D eigenvalue weighted by Gasteiger charge is -1.93. The van der Waals surface area contributed by atoms with Crippen molar-refractivity contribution in [1.82, 2.24) is 9.55 Å². The summed E-state index contributed by atoms with van der Waals surface area (Å²) in [7, 11) is 3.63. The van der Waals surface area contributed by atoms with Gasteiger partial charge in [-0.05, 0) is 6.92 Å². The maximum atomic E-state index is 8.63. The van der Waals surface area contributed by atoms with Crippen molar-refractivity contribution in [3.05, 3.63) is 24.8 Å². The van der Waals surface area contributed by atoms with Gasteiger partial charge in [0.15, 0.2) is 0 Å². The summed E-state index contributed by atoms with van der Waals surface area (Å²) >= 11 is 0. The summed E-state index contributed by atoms with van der Waals surface area (Å²) < 4.78 is 1.63. The molecule has 0 aliphatic heterocycles. The van der Waals surface area contributed by atoms with Gasteiger partial charge in [0, 0.05) is 12.7 Å². The summed E-state index contributed by atoms with van der Waals surface area (Å²) in [4.78, 5) is 3.88. The molecule has 0 aliphatic rings. The topological polar surface area (TPSA) is 38.0 Å². The zero-order chi connectivity index (χ0) is 6.85. The second-order valence-corrected chi connectivity index (χ2v) is 1.90. The third-order valence-electron chi connectivity index (χ3n) is 1.35. The first-order valence-corrected chi connectivity index (χ1v) is 2.70. The SMILES string of the molecule is [CH2]n1cnc(CO)c1C. The van der Waals surface area contributed by atoms with Gasteiger partial charge in [0.2, 0.25) is 0 Å². The molecular weight excluding hydrogens is 116 g/mol. The van der Waals surface area contributed by atoms with Crippen LogP contribution in [0, 0.1) is 14.0 Å². The minimum atomic E-state index is -0.00560. The van der Waals surface area contributed by atoms with E-state index in [0.29, 0.717) is 5.69 Å². The Kier molecular flexibility index (Phi) is 1.53. The Balaban J connectivity index is 3.04. The lowest BCUT2D eigenvalue weighted by molar-refractivity contribution is 0.276. The maximum Gasteiger partial charge on any atom is 0.0953 e. The fraction of sp³-hybridized carbons (Fsp3) is 0.333. The fourth-order valence-corrected chi connectivity index (χ4v) is 0.640. The average molecular weight is 125 g/mol. The molecule has 49 valence electrons. The van der Waals surface area contributed by atoms with Gasteiger partial charge in [0.05, 0.1) is 18.6 Å². The van der Waals surface area contributed by atoms with E-state index >= 15 is 0 Å². The van der Waals surface area contributed by atoms with Gasteiger partial charge in [0.25, 0.3) is 0 Å².